The standard InChI is InChI=1S/C12H12Cl2N2O2S/c1-19-6-5-8-11(17)16(12(18)15-8)9-4-2-3-7(13)10(9)14/h2-4,8H,5-6H2,1H3,(H,15,18). The van der Waals surface area contributed by atoms with E-state index in [9.17, 15) is 9.59 Å². The molecule has 1 unspecified atom stereocenters. The highest BCUT2D eigenvalue weighted by Crippen LogP contribution is 2.34. The van der Waals surface area contributed by atoms with E-state index < -0.39 is 12.1 Å². The van der Waals surface area contributed by atoms with E-state index in [-0.39, 0.29) is 10.9 Å². The van der Waals surface area contributed by atoms with Gasteiger partial charge in [0, 0.05) is 0 Å². The molecule has 102 valence electrons. The molecule has 1 N–H and O–H groups in total. The molecule has 19 heavy (non-hydrogen) atoms. The number of amides is 3. The van der Waals surface area contributed by atoms with Crippen LogP contribution in [0.25, 0.3) is 0 Å². The molecule has 0 radical (unpaired) electrons. The second-order valence-electron chi connectivity index (χ2n) is 4.03. The summed E-state index contributed by atoms with van der Waals surface area (Å²) in [5.74, 6) is 0.511. The van der Waals surface area contributed by atoms with Gasteiger partial charge >= 0.3 is 6.03 Å². The van der Waals surface area contributed by atoms with Crippen LogP contribution in [0.4, 0.5) is 10.5 Å². The van der Waals surface area contributed by atoms with Crippen molar-refractivity contribution in [3.05, 3.63) is 28.2 Å². The number of nitrogens with zero attached hydrogens (tertiary/aromatic N) is 1. The number of anilines is 1. The van der Waals surface area contributed by atoms with Gasteiger partial charge in [0.2, 0.25) is 0 Å². The maximum absolute atomic E-state index is 12.2. The van der Waals surface area contributed by atoms with E-state index in [0.29, 0.717) is 17.1 Å². The number of rotatable bonds is 4. The first-order valence-corrected chi connectivity index (χ1v) is 7.78. The van der Waals surface area contributed by atoms with Crippen LogP contribution in [-0.2, 0) is 4.79 Å². The van der Waals surface area contributed by atoms with Gasteiger partial charge in [-0.15, -0.1) is 0 Å². The monoisotopic (exact) mass is 318 g/mol. The number of thioether (sulfide) groups is 1. The zero-order valence-corrected chi connectivity index (χ0v) is 12.5. The van der Waals surface area contributed by atoms with Gasteiger partial charge in [0.1, 0.15) is 6.04 Å². The molecule has 2 rings (SSSR count). The minimum absolute atomic E-state index is 0.207. The topological polar surface area (TPSA) is 49.4 Å². The van der Waals surface area contributed by atoms with Crippen molar-refractivity contribution in [2.24, 2.45) is 0 Å². The maximum atomic E-state index is 12.2. The van der Waals surface area contributed by atoms with Crippen LogP contribution in [0.15, 0.2) is 18.2 Å². The van der Waals surface area contributed by atoms with Crippen molar-refractivity contribution in [2.45, 2.75) is 12.5 Å². The summed E-state index contributed by atoms with van der Waals surface area (Å²) in [6.45, 7) is 0. The molecule has 1 aromatic rings. The summed E-state index contributed by atoms with van der Waals surface area (Å²) in [4.78, 5) is 25.2. The summed E-state index contributed by atoms with van der Waals surface area (Å²) < 4.78 is 0. The van der Waals surface area contributed by atoms with Crippen LogP contribution < -0.4 is 10.2 Å². The Bertz CT molecular complexity index is 524. The Kier molecular flexibility index (Phi) is 4.60. The van der Waals surface area contributed by atoms with Crippen molar-refractivity contribution >= 4 is 52.6 Å². The fraction of sp³-hybridized carbons (Fsp3) is 0.333. The molecule has 1 aromatic carbocycles. The van der Waals surface area contributed by atoms with Gasteiger partial charge in [-0.2, -0.15) is 11.8 Å². The van der Waals surface area contributed by atoms with E-state index >= 15 is 0 Å². The van der Waals surface area contributed by atoms with Crippen LogP contribution in [0.5, 0.6) is 0 Å². The van der Waals surface area contributed by atoms with E-state index in [4.69, 9.17) is 23.2 Å². The molecule has 7 heteroatoms. The molecule has 1 aliphatic heterocycles. The molecule has 1 aliphatic rings. The largest absolute Gasteiger partial charge is 0.329 e. The maximum Gasteiger partial charge on any atom is 0.329 e. The van der Waals surface area contributed by atoms with Crippen molar-refractivity contribution in [1.29, 1.82) is 0 Å². The summed E-state index contributed by atoms with van der Waals surface area (Å²) >= 11 is 13.6. The number of urea groups is 1. The number of imide groups is 1. The normalized spacial score (nSPS) is 18.9. The van der Waals surface area contributed by atoms with Crippen LogP contribution in [0.1, 0.15) is 6.42 Å². The minimum atomic E-state index is -0.491. The molecule has 0 aromatic heterocycles. The highest BCUT2D eigenvalue weighted by Gasteiger charge is 2.39. The van der Waals surface area contributed by atoms with Gasteiger partial charge in [-0.25, -0.2) is 9.69 Å². The molecule has 0 spiro atoms. The molecular weight excluding hydrogens is 307 g/mol. The Morgan fingerprint density at radius 3 is 2.79 bits per heavy atom. The Morgan fingerprint density at radius 1 is 1.37 bits per heavy atom. The lowest BCUT2D eigenvalue weighted by atomic mass is 10.2. The van der Waals surface area contributed by atoms with Crippen molar-refractivity contribution in [1.82, 2.24) is 5.32 Å². The first-order chi connectivity index (χ1) is 9.06. The molecule has 1 saturated heterocycles. The van der Waals surface area contributed by atoms with Crippen LogP contribution in [0, 0.1) is 0 Å². The Morgan fingerprint density at radius 2 is 2.11 bits per heavy atom. The van der Waals surface area contributed by atoms with Gasteiger partial charge in [0.15, 0.2) is 0 Å². The highest BCUT2D eigenvalue weighted by molar-refractivity contribution is 7.98. The van der Waals surface area contributed by atoms with Gasteiger partial charge < -0.3 is 5.32 Å². The molecule has 4 nitrogen and oxygen atoms in total. The zero-order chi connectivity index (χ0) is 14.0. The molecule has 1 atom stereocenters. The zero-order valence-electron chi connectivity index (χ0n) is 10.2. The average Bonchev–Trinajstić information content (AvgIpc) is 2.66. The third kappa shape index (κ3) is 2.83. The smallest absolute Gasteiger partial charge is 0.325 e. The van der Waals surface area contributed by atoms with Crippen LogP contribution in [0.2, 0.25) is 10.0 Å². The second kappa shape index (κ2) is 6.03. The summed E-state index contributed by atoms with van der Waals surface area (Å²) in [6.07, 6.45) is 2.55. The van der Waals surface area contributed by atoms with Crippen LogP contribution in [0.3, 0.4) is 0 Å². The van der Waals surface area contributed by atoms with Crippen molar-refractivity contribution in [3.63, 3.8) is 0 Å². The summed E-state index contributed by atoms with van der Waals surface area (Å²) in [5.41, 5.74) is 0.323. The third-order valence-corrected chi connectivity index (χ3v) is 4.25. The molecular formula is C12H12Cl2N2O2S. The third-order valence-electron chi connectivity index (χ3n) is 2.80. The van der Waals surface area contributed by atoms with Gasteiger partial charge in [-0.3, -0.25) is 4.79 Å². The van der Waals surface area contributed by atoms with Gasteiger partial charge in [-0.1, -0.05) is 29.3 Å². The van der Waals surface area contributed by atoms with Crippen molar-refractivity contribution < 1.29 is 9.59 Å². The minimum Gasteiger partial charge on any atom is -0.325 e. The van der Waals surface area contributed by atoms with Gasteiger partial charge in [-0.05, 0) is 30.6 Å². The lowest BCUT2D eigenvalue weighted by Gasteiger charge is -2.15. The molecule has 0 saturated carbocycles. The first-order valence-electron chi connectivity index (χ1n) is 5.63. The molecule has 0 aliphatic carbocycles. The van der Waals surface area contributed by atoms with E-state index in [1.165, 1.54) is 0 Å². The number of hydrogen-bond acceptors (Lipinski definition) is 3. The van der Waals surface area contributed by atoms with Crippen LogP contribution in [-0.4, -0.2) is 30.0 Å². The molecule has 1 fully saturated rings. The number of hydrogen-bond donors (Lipinski definition) is 1. The number of benzene rings is 1. The number of carbonyl (C=O) groups excluding carboxylic acids is 2. The number of carbonyl (C=O) groups is 2. The second-order valence-corrected chi connectivity index (χ2v) is 5.80. The lowest BCUT2D eigenvalue weighted by molar-refractivity contribution is -0.118. The fourth-order valence-electron chi connectivity index (χ4n) is 1.86. The Balaban J connectivity index is 2.27. The fourth-order valence-corrected chi connectivity index (χ4v) is 2.71. The predicted molar refractivity (Wildman–Crippen MR) is 79.3 cm³/mol. The van der Waals surface area contributed by atoms with E-state index in [1.807, 2.05) is 6.26 Å². The quantitative estimate of drug-likeness (QED) is 0.867. The van der Waals surface area contributed by atoms with Crippen molar-refractivity contribution in [2.75, 3.05) is 16.9 Å². The SMILES string of the molecule is CSCCC1NC(=O)N(c2cccc(Cl)c2Cl)C1=O. The molecule has 3 amide bonds. The van der Waals surface area contributed by atoms with Crippen molar-refractivity contribution in [3.8, 4) is 0 Å². The van der Waals surface area contributed by atoms with Gasteiger partial charge in [0.25, 0.3) is 5.91 Å². The number of nitrogens with one attached hydrogen (secondary N) is 1. The van der Waals surface area contributed by atoms with Gasteiger partial charge in [0.05, 0.1) is 15.7 Å². The highest BCUT2D eigenvalue weighted by atomic mass is 35.5. The first kappa shape index (κ1) is 14.5. The Labute approximate surface area is 125 Å². The predicted octanol–water partition coefficient (Wildman–Crippen LogP) is 3.17. The van der Waals surface area contributed by atoms with E-state index in [0.717, 1.165) is 10.7 Å². The summed E-state index contributed by atoms with van der Waals surface area (Å²) in [7, 11) is 0. The molecule has 1 heterocycles. The number of halogens is 2. The molecule has 0 bridgehead atoms. The lowest BCUT2D eigenvalue weighted by Crippen LogP contribution is -2.31. The summed E-state index contributed by atoms with van der Waals surface area (Å²) in [5, 5.41) is 3.18. The summed E-state index contributed by atoms with van der Waals surface area (Å²) in [6, 6.07) is 3.91. The van der Waals surface area contributed by atoms with Crippen LogP contribution >= 0.6 is 35.0 Å². The average molecular weight is 319 g/mol. The van der Waals surface area contributed by atoms with E-state index in [1.54, 1.807) is 30.0 Å². The van der Waals surface area contributed by atoms with E-state index in [2.05, 4.69) is 5.32 Å². The Hall–Kier alpha value is -0.910.